The van der Waals surface area contributed by atoms with E-state index in [0.29, 0.717) is 5.69 Å². The number of carbonyl (C=O) groups excluding carboxylic acids is 1. The maximum atomic E-state index is 12.5. The zero-order valence-electron chi connectivity index (χ0n) is 10.9. The molecule has 2 aliphatic carbocycles. The lowest BCUT2D eigenvalue weighted by atomic mass is 9.82. The van der Waals surface area contributed by atoms with Gasteiger partial charge in [0.2, 0.25) is 5.91 Å². The van der Waals surface area contributed by atoms with Crippen LogP contribution in [0.15, 0.2) is 39.3 Å². The number of amides is 1. The number of anilines is 1. The highest BCUT2D eigenvalue weighted by Crippen LogP contribution is 2.48. The van der Waals surface area contributed by atoms with E-state index in [1.807, 2.05) is 24.3 Å². The molecule has 2 bridgehead atoms. The quantitative estimate of drug-likeness (QED) is 0.741. The fourth-order valence-electron chi connectivity index (χ4n) is 3.32. The molecule has 0 aromatic heterocycles. The van der Waals surface area contributed by atoms with E-state index in [2.05, 4.69) is 37.2 Å². The Morgan fingerprint density at radius 3 is 2.43 bits per heavy atom. The number of hydrogen-bond donors (Lipinski definition) is 2. The number of nitrogens with one attached hydrogen (secondary N) is 1. The van der Waals surface area contributed by atoms with E-state index in [-0.39, 0.29) is 17.7 Å². The third-order valence-electron chi connectivity index (χ3n) is 4.24. The van der Waals surface area contributed by atoms with Gasteiger partial charge in [-0.2, -0.15) is 0 Å². The molecule has 6 heteroatoms. The van der Waals surface area contributed by atoms with E-state index < -0.39 is 17.8 Å². The predicted molar refractivity (Wildman–Crippen MR) is 85.8 cm³/mol. The van der Waals surface area contributed by atoms with Crippen molar-refractivity contribution in [3.05, 3.63) is 39.3 Å². The van der Waals surface area contributed by atoms with Crippen molar-refractivity contribution in [2.75, 3.05) is 5.32 Å². The molecule has 1 amide bonds. The molecule has 1 saturated carbocycles. The van der Waals surface area contributed by atoms with Gasteiger partial charge in [-0.05, 0) is 52.4 Å². The smallest absolute Gasteiger partial charge is 0.307 e. The maximum Gasteiger partial charge on any atom is 0.307 e. The molecule has 1 fully saturated rings. The maximum absolute atomic E-state index is 12.5. The number of halogens is 2. The summed E-state index contributed by atoms with van der Waals surface area (Å²) in [6.45, 7) is 0. The Kier molecular flexibility index (Phi) is 3.92. The largest absolute Gasteiger partial charge is 0.481 e. The molecule has 1 aromatic carbocycles. The van der Waals surface area contributed by atoms with Crippen molar-refractivity contribution >= 4 is 49.4 Å². The Morgan fingerprint density at radius 1 is 1.14 bits per heavy atom. The first-order chi connectivity index (χ1) is 9.97. The average molecular weight is 415 g/mol. The van der Waals surface area contributed by atoms with Crippen LogP contribution < -0.4 is 5.32 Å². The second kappa shape index (κ2) is 5.57. The number of hydrogen-bond acceptors (Lipinski definition) is 2. The summed E-state index contributed by atoms with van der Waals surface area (Å²) in [5.41, 5.74) is 0.652. The molecule has 4 atom stereocenters. The molecule has 2 N–H and O–H groups in total. The summed E-state index contributed by atoms with van der Waals surface area (Å²) < 4.78 is 1.66. The lowest BCUT2D eigenvalue weighted by Crippen LogP contribution is -2.36. The van der Waals surface area contributed by atoms with Gasteiger partial charge in [-0.25, -0.2) is 0 Å². The predicted octanol–water partition coefficient (Wildman–Crippen LogP) is 3.67. The number of rotatable bonds is 3. The van der Waals surface area contributed by atoms with Crippen LogP contribution in [0.5, 0.6) is 0 Å². The monoisotopic (exact) mass is 413 g/mol. The Balaban J connectivity index is 1.82. The summed E-state index contributed by atoms with van der Waals surface area (Å²) >= 11 is 6.75. The van der Waals surface area contributed by atoms with Gasteiger partial charge in [0.25, 0.3) is 0 Å². The number of carbonyl (C=O) groups is 2. The number of benzene rings is 1. The molecule has 0 heterocycles. The molecule has 0 saturated heterocycles. The zero-order valence-corrected chi connectivity index (χ0v) is 14.1. The molecule has 110 valence electrons. The van der Waals surface area contributed by atoms with Crippen molar-refractivity contribution in [3.63, 3.8) is 0 Å². The molecule has 1 aromatic rings. The van der Waals surface area contributed by atoms with Gasteiger partial charge in [0.05, 0.1) is 17.5 Å². The Bertz CT molecular complexity index is 644. The minimum Gasteiger partial charge on any atom is -0.481 e. The number of carboxylic acid groups (broad SMARTS) is 1. The highest BCUT2D eigenvalue weighted by Gasteiger charge is 2.51. The summed E-state index contributed by atoms with van der Waals surface area (Å²) in [6, 6.07) is 5.45. The van der Waals surface area contributed by atoms with Gasteiger partial charge in [0.1, 0.15) is 0 Å². The van der Waals surface area contributed by atoms with Crippen LogP contribution in [-0.4, -0.2) is 17.0 Å². The van der Waals surface area contributed by atoms with Gasteiger partial charge < -0.3 is 10.4 Å². The van der Waals surface area contributed by atoms with Crippen molar-refractivity contribution in [1.82, 2.24) is 0 Å². The minimum absolute atomic E-state index is 0.0170. The second-order valence-corrected chi connectivity index (χ2v) is 7.22. The minimum atomic E-state index is -0.887. The van der Waals surface area contributed by atoms with E-state index in [1.165, 1.54) is 0 Å². The third kappa shape index (κ3) is 2.66. The molecule has 2 aliphatic rings. The lowest BCUT2D eigenvalue weighted by Gasteiger charge is -2.24. The standard InChI is InChI=1S/C15H13Br2NO3/c16-9-3-4-11(10(17)6-9)18-14(19)12-7-1-2-8(5-7)13(12)15(20)21/h1-4,6-8,12-13H,5H2,(H,18,19)(H,20,21)/t7-,8-,12+,13+/m0/s1. The SMILES string of the molecule is O=C(O)[C@H]1[C@H](C(=O)Nc2ccc(Br)cc2Br)[C@H]2C=C[C@H]1C2. The number of fused-ring (bicyclic) bond motifs is 2. The van der Waals surface area contributed by atoms with Crippen LogP contribution in [0.3, 0.4) is 0 Å². The summed E-state index contributed by atoms with van der Waals surface area (Å²) in [4.78, 5) is 24.0. The van der Waals surface area contributed by atoms with Crippen molar-refractivity contribution in [3.8, 4) is 0 Å². The molecule has 21 heavy (non-hydrogen) atoms. The average Bonchev–Trinajstić information content (AvgIpc) is 3.02. The van der Waals surface area contributed by atoms with E-state index in [9.17, 15) is 14.7 Å². The van der Waals surface area contributed by atoms with Gasteiger partial charge >= 0.3 is 5.97 Å². The summed E-state index contributed by atoms with van der Waals surface area (Å²) in [6.07, 6.45) is 4.67. The van der Waals surface area contributed by atoms with E-state index >= 15 is 0 Å². The fraction of sp³-hybridized carbons (Fsp3) is 0.333. The Hall–Kier alpha value is -1.14. The van der Waals surface area contributed by atoms with Crippen molar-refractivity contribution in [2.45, 2.75) is 6.42 Å². The second-order valence-electron chi connectivity index (χ2n) is 5.45. The number of carboxylic acids is 1. The Morgan fingerprint density at radius 2 is 1.81 bits per heavy atom. The van der Waals surface area contributed by atoms with Gasteiger partial charge in [-0.3, -0.25) is 9.59 Å². The fourth-order valence-corrected chi connectivity index (χ4v) is 4.47. The van der Waals surface area contributed by atoms with Crippen LogP contribution in [0, 0.1) is 23.7 Å². The summed E-state index contributed by atoms with van der Waals surface area (Å²) in [7, 11) is 0. The zero-order chi connectivity index (χ0) is 15.1. The van der Waals surface area contributed by atoms with E-state index in [1.54, 1.807) is 6.07 Å². The molecular formula is C15H13Br2NO3. The first kappa shape index (κ1) is 14.8. The molecule has 4 nitrogen and oxygen atoms in total. The molecule has 0 unspecified atom stereocenters. The van der Waals surface area contributed by atoms with Crippen LogP contribution in [0.1, 0.15) is 6.42 Å². The van der Waals surface area contributed by atoms with Gasteiger partial charge in [-0.1, -0.05) is 28.1 Å². The molecule has 3 rings (SSSR count). The van der Waals surface area contributed by atoms with Crippen LogP contribution in [0.25, 0.3) is 0 Å². The van der Waals surface area contributed by atoms with E-state index in [4.69, 9.17) is 0 Å². The normalized spacial score (nSPS) is 29.6. The van der Waals surface area contributed by atoms with Crippen LogP contribution >= 0.6 is 31.9 Å². The van der Waals surface area contributed by atoms with Crippen LogP contribution in [0.4, 0.5) is 5.69 Å². The van der Waals surface area contributed by atoms with Crippen LogP contribution in [0.2, 0.25) is 0 Å². The molecule has 0 spiro atoms. The first-order valence-electron chi connectivity index (χ1n) is 6.64. The van der Waals surface area contributed by atoms with Gasteiger partial charge in [0.15, 0.2) is 0 Å². The first-order valence-corrected chi connectivity index (χ1v) is 8.23. The lowest BCUT2D eigenvalue weighted by molar-refractivity contribution is -0.146. The van der Waals surface area contributed by atoms with Gasteiger partial charge in [-0.15, -0.1) is 0 Å². The number of allylic oxidation sites excluding steroid dienone is 2. The highest BCUT2D eigenvalue weighted by molar-refractivity contribution is 9.11. The summed E-state index contributed by atoms with van der Waals surface area (Å²) in [5, 5.41) is 12.2. The van der Waals surface area contributed by atoms with E-state index in [0.717, 1.165) is 15.4 Å². The third-order valence-corrected chi connectivity index (χ3v) is 5.39. The molecular weight excluding hydrogens is 402 g/mol. The highest BCUT2D eigenvalue weighted by atomic mass is 79.9. The summed E-state index contributed by atoms with van der Waals surface area (Å²) in [5.74, 6) is -2.20. The van der Waals surface area contributed by atoms with Crippen molar-refractivity contribution in [2.24, 2.45) is 23.7 Å². The molecule has 0 radical (unpaired) electrons. The molecule has 0 aliphatic heterocycles. The Labute approximate surface area is 138 Å². The van der Waals surface area contributed by atoms with Gasteiger partial charge in [0, 0.05) is 8.95 Å². The number of aliphatic carboxylic acids is 1. The van der Waals surface area contributed by atoms with Crippen molar-refractivity contribution in [1.29, 1.82) is 0 Å². The van der Waals surface area contributed by atoms with Crippen LogP contribution in [-0.2, 0) is 9.59 Å². The topological polar surface area (TPSA) is 66.4 Å². The van der Waals surface area contributed by atoms with Crippen molar-refractivity contribution < 1.29 is 14.7 Å².